The van der Waals surface area contributed by atoms with Crippen molar-refractivity contribution in [3.8, 4) is 0 Å². The summed E-state index contributed by atoms with van der Waals surface area (Å²) < 4.78 is 0. The van der Waals surface area contributed by atoms with Crippen molar-refractivity contribution in [3.05, 3.63) is 72.1 Å². The molecule has 3 aromatic rings. The highest BCUT2D eigenvalue weighted by Crippen LogP contribution is 2.24. The Labute approximate surface area is 169 Å². The number of carbonyl (C=O) groups excluding carboxylic acids is 2. The van der Waals surface area contributed by atoms with Crippen LogP contribution in [0.4, 0.5) is 23.0 Å². The van der Waals surface area contributed by atoms with E-state index in [4.69, 9.17) is 0 Å². The van der Waals surface area contributed by atoms with Gasteiger partial charge < -0.3 is 16.0 Å². The third kappa shape index (κ3) is 5.38. The molecule has 3 rings (SSSR count). The van der Waals surface area contributed by atoms with E-state index in [1.165, 1.54) is 13.1 Å². The van der Waals surface area contributed by atoms with Gasteiger partial charge in [0.15, 0.2) is 0 Å². The molecule has 0 fully saturated rings. The predicted octanol–water partition coefficient (Wildman–Crippen LogP) is 4.55. The van der Waals surface area contributed by atoms with Gasteiger partial charge >= 0.3 is 0 Å². The second kappa shape index (κ2) is 8.97. The Hall–Kier alpha value is -3.74. The average Bonchev–Trinajstić information content (AvgIpc) is 2.68. The molecule has 0 atom stereocenters. The van der Waals surface area contributed by atoms with Crippen LogP contribution in [0, 0.1) is 0 Å². The average molecular weight is 389 g/mol. The SMILES string of the molecule is CC(=O)Nc1cccc(Nc2nccc(C(=O)Nc3ccccc3C(C)C)n2)c1. The molecule has 0 radical (unpaired) electrons. The first-order valence-electron chi connectivity index (χ1n) is 9.30. The van der Waals surface area contributed by atoms with Gasteiger partial charge in [0.25, 0.3) is 5.91 Å². The van der Waals surface area contributed by atoms with Crippen LogP contribution < -0.4 is 16.0 Å². The maximum atomic E-state index is 12.7. The highest BCUT2D eigenvalue weighted by atomic mass is 16.2. The number of anilines is 4. The van der Waals surface area contributed by atoms with Gasteiger partial charge in [0.2, 0.25) is 11.9 Å². The lowest BCUT2D eigenvalue weighted by Gasteiger charge is -2.13. The van der Waals surface area contributed by atoms with Crippen molar-refractivity contribution < 1.29 is 9.59 Å². The van der Waals surface area contributed by atoms with Gasteiger partial charge in [0.1, 0.15) is 5.69 Å². The van der Waals surface area contributed by atoms with E-state index >= 15 is 0 Å². The van der Waals surface area contributed by atoms with Crippen LogP contribution >= 0.6 is 0 Å². The monoisotopic (exact) mass is 389 g/mol. The van der Waals surface area contributed by atoms with Crippen LogP contribution in [0.1, 0.15) is 42.7 Å². The number of nitrogens with one attached hydrogen (secondary N) is 3. The molecule has 0 unspecified atom stereocenters. The molecule has 1 aromatic heterocycles. The van der Waals surface area contributed by atoms with E-state index in [2.05, 4.69) is 39.8 Å². The Balaban J connectivity index is 1.76. The molecule has 1 heterocycles. The minimum absolute atomic E-state index is 0.154. The summed E-state index contributed by atoms with van der Waals surface area (Å²) in [5, 5.41) is 8.70. The second-order valence-corrected chi connectivity index (χ2v) is 6.85. The van der Waals surface area contributed by atoms with Crippen molar-refractivity contribution >= 4 is 34.8 Å². The van der Waals surface area contributed by atoms with Crippen molar-refractivity contribution in [2.45, 2.75) is 26.7 Å². The number of rotatable bonds is 6. The number of amides is 2. The van der Waals surface area contributed by atoms with Gasteiger partial charge in [-0.15, -0.1) is 0 Å². The van der Waals surface area contributed by atoms with Gasteiger partial charge in [0, 0.05) is 30.2 Å². The van der Waals surface area contributed by atoms with E-state index in [0.29, 0.717) is 11.4 Å². The predicted molar refractivity (Wildman–Crippen MR) is 115 cm³/mol. The molecule has 7 heteroatoms. The van der Waals surface area contributed by atoms with Crippen LogP contribution in [0.25, 0.3) is 0 Å². The molecule has 7 nitrogen and oxygen atoms in total. The maximum absolute atomic E-state index is 12.7. The highest BCUT2D eigenvalue weighted by Gasteiger charge is 2.13. The van der Waals surface area contributed by atoms with E-state index in [1.54, 1.807) is 24.3 Å². The zero-order valence-corrected chi connectivity index (χ0v) is 16.6. The number of para-hydroxylation sites is 1. The molecule has 29 heavy (non-hydrogen) atoms. The molecule has 0 bridgehead atoms. The van der Waals surface area contributed by atoms with Crippen molar-refractivity contribution in [2.24, 2.45) is 0 Å². The number of aromatic nitrogens is 2. The third-order valence-corrected chi connectivity index (χ3v) is 4.16. The summed E-state index contributed by atoms with van der Waals surface area (Å²) in [6.45, 7) is 5.60. The molecular formula is C22H23N5O2. The first-order valence-corrected chi connectivity index (χ1v) is 9.30. The topological polar surface area (TPSA) is 96.0 Å². The van der Waals surface area contributed by atoms with Gasteiger partial charge in [-0.05, 0) is 41.8 Å². The summed E-state index contributed by atoms with van der Waals surface area (Å²) in [4.78, 5) is 32.4. The highest BCUT2D eigenvalue weighted by molar-refractivity contribution is 6.03. The van der Waals surface area contributed by atoms with Crippen LogP contribution in [-0.4, -0.2) is 21.8 Å². The van der Waals surface area contributed by atoms with E-state index in [1.807, 2.05) is 30.3 Å². The zero-order valence-electron chi connectivity index (χ0n) is 16.6. The Morgan fingerprint density at radius 3 is 2.45 bits per heavy atom. The fourth-order valence-corrected chi connectivity index (χ4v) is 2.85. The summed E-state index contributed by atoms with van der Waals surface area (Å²) >= 11 is 0. The van der Waals surface area contributed by atoms with Gasteiger partial charge in [-0.3, -0.25) is 9.59 Å². The van der Waals surface area contributed by atoms with Crippen molar-refractivity contribution in [1.29, 1.82) is 0 Å². The summed E-state index contributed by atoms with van der Waals surface area (Å²) in [5.74, 6) is 0.106. The molecule has 0 saturated heterocycles. The molecule has 0 aliphatic heterocycles. The number of nitrogens with zero attached hydrogens (tertiary/aromatic N) is 2. The third-order valence-electron chi connectivity index (χ3n) is 4.16. The lowest BCUT2D eigenvalue weighted by atomic mass is 10.0. The summed E-state index contributed by atoms with van der Waals surface area (Å²) in [5.41, 5.74) is 3.42. The number of hydrogen-bond acceptors (Lipinski definition) is 5. The number of benzene rings is 2. The molecule has 0 spiro atoms. The largest absolute Gasteiger partial charge is 0.326 e. The van der Waals surface area contributed by atoms with Crippen LogP contribution in [0.3, 0.4) is 0 Å². The molecule has 0 aliphatic rings. The van der Waals surface area contributed by atoms with Crippen LogP contribution in [-0.2, 0) is 4.79 Å². The Kier molecular flexibility index (Phi) is 6.19. The second-order valence-electron chi connectivity index (χ2n) is 6.85. The summed E-state index contributed by atoms with van der Waals surface area (Å²) in [7, 11) is 0. The smallest absolute Gasteiger partial charge is 0.274 e. The van der Waals surface area contributed by atoms with Crippen LogP contribution in [0.2, 0.25) is 0 Å². The van der Waals surface area contributed by atoms with E-state index in [-0.39, 0.29) is 29.4 Å². The first-order chi connectivity index (χ1) is 13.9. The zero-order chi connectivity index (χ0) is 20.8. The minimum atomic E-state index is -0.310. The standard InChI is InChI=1S/C22H23N5O2/c1-14(2)18-9-4-5-10-19(18)26-21(29)20-11-12-23-22(27-20)25-17-8-6-7-16(13-17)24-15(3)28/h4-14H,1-3H3,(H,24,28)(H,26,29)(H,23,25,27). The van der Waals surface area contributed by atoms with Gasteiger partial charge in [-0.25, -0.2) is 9.97 Å². The van der Waals surface area contributed by atoms with Gasteiger partial charge in [-0.1, -0.05) is 38.1 Å². The number of carbonyl (C=O) groups is 2. The Bertz CT molecular complexity index is 1030. The van der Waals surface area contributed by atoms with E-state index in [9.17, 15) is 9.59 Å². The molecule has 2 amide bonds. The summed E-state index contributed by atoms with van der Waals surface area (Å²) in [6.07, 6.45) is 1.52. The van der Waals surface area contributed by atoms with Crippen molar-refractivity contribution in [1.82, 2.24) is 9.97 Å². The van der Waals surface area contributed by atoms with Gasteiger partial charge in [-0.2, -0.15) is 0 Å². The minimum Gasteiger partial charge on any atom is -0.326 e. The first kappa shape index (κ1) is 20.0. The number of hydrogen-bond donors (Lipinski definition) is 3. The quantitative estimate of drug-likeness (QED) is 0.575. The molecule has 3 N–H and O–H groups in total. The molecule has 0 aliphatic carbocycles. The fourth-order valence-electron chi connectivity index (χ4n) is 2.85. The molecular weight excluding hydrogens is 366 g/mol. The van der Waals surface area contributed by atoms with Crippen molar-refractivity contribution in [2.75, 3.05) is 16.0 Å². The summed E-state index contributed by atoms with van der Waals surface area (Å²) in [6, 6.07) is 16.4. The van der Waals surface area contributed by atoms with E-state index in [0.717, 1.165) is 11.3 Å². The van der Waals surface area contributed by atoms with Gasteiger partial charge in [0.05, 0.1) is 0 Å². The van der Waals surface area contributed by atoms with Crippen LogP contribution in [0.15, 0.2) is 60.8 Å². The fraction of sp³-hybridized carbons (Fsp3) is 0.182. The molecule has 0 saturated carbocycles. The maximum Gasteiger partial charge on any atom is 0.274 e. The van der Waals surface area contributed by atoms with Crippen molar-refractivity contribution in [3.63, 3.8) is 0 Å². The Morgan fingerprint density at radius 2 is 1.69 bits per heavy atom. The lowest BCUT2D eigenvalue weighted by Crippen LogP contribution is -2.16. The molecule has 148 valence electrons. The normalized spacial score (nSPS) is 10.5. The van der Waals surface area contributed by atoms with Crippen LogP contribution in [0.5, 0.6) is 0 Å². The van der Waals surface area contributed by atoms with E-state index < -0.39 is 0 Å². The Morgan fingerprint density at radius 1 is 0.931 bits per heavy atom. The lowest BCUT2D eigenvalue weighted by molar-refractivity contribution is -0.114. The molecule has 2 aromatic carbocycles.